The third-order valence-corrected chi connectivity index (χ3v) is 9.03. The number of methoxy groups -OCH3 is 1. The minimum atomic E-state index is -1.75. The highest BCUT2D eigenvalue weighted by atomic mass is 16.7. The Bertz CT molecular complexity index is 1200. The maximum Gasteiger partial charge on any atom is 0.336 e. The van der Waals surface area contributed by atoms with E-state index in [1.54, 1.807) is 19.1 Å². The molecule has 13 nitrogen and oxygen atoms in total. The van der Waals surface area contributed by atoms with Crippen molar-refractivity contribution in [1.82, 2.24) is 0 Å². The number of hydrogen-bond acceptors (Lipinski definition) is 13. The Labute approximate surface area is 242 Å². The molecular weight excluding hydrogens is 556 g/mol. The summed E-state index contributed by atoms with van der Waals surface area (Å²) in [6.07, 6.45) is -0.247. The van der Waals surface area contributed by atoms with E-state index in [9.17, 15) is 39.6 Å². The van der Waals surface area contributed by atoms with Crippen LogP contribution in [0, 0.1) is 11.3 Å². The van der Waals surface area contributed by atoms with Gasteiger partial charge in [-0.1, -0.05) is 18.2 Å². The average molecular weight is 595 g/mol. The van der Waals surface area contributed by atoms with Crippen LogP contribution in [0.3, 0.4) is 0 Å². The molecule has 9 atom stereocenters. The number of carbonyl (C=O) groups excluding carboxylic acids is 4. The first-order chi connectivity index (χ1) is 19.7. The molecule has 2 saturated heterocycles. The van der Waals surface area contributed by atoms with Crippen molar-refractivity contribution < 1.29 is 63.3 Å². The predicted molar refractivity (Wildman–Crippen MR) is 141 cm³/mol. The maximum absolute atomic E-state index is 13.7. The van der Waals surface area contributed by atoms with Crippen LogP contribution in [0.4, 0.5) is 0 Å². The van der Waals surface area contributed by atoms with Crippen molar-refractivity contribution in [2.45, 2.75) is 94.8 Å². The lowest BCUT2D eigenvalue weighted by atomic mass is 9.62. The SMILES string of the molecule is COC(=O)C1=CC[C@@]23CC[C@@H]([C@@](C)(/C=C/C=C(\C)C(=O)O[C@@H]4O[C@@H](CO)[C@@H](O)[C@H](O)[C@@H]4O)OC2=O)[C@@]3(OC(C)=O)CC1. The quantitative estimate of drug-likeness (QED) is 0.135. The molecule has 13 heteroatoms. The molecule has 2 aliphatic carbocycles. The van der Waals surface area contributed by atoms with Crippen LogP contribution >= 0.6 is 0 Å². The summed E-state index contributed by atoms with van der Waals surface area (Å²) < 4.78 is 27.3. The Hall–Kier alpha value is -3.10. The number of aliphatic hydroxyl groups is 4. The van der Waals surface area contributed by atoms with Crippen molar-refractivity contribution >= 4 is 23.9 Å². The monoisotopic (exact) mass is 594 g/mol. The van der Waals surface area contributed by atoms with Crippen LogP contribution < -0.4 is 0 Å². The summed E-state index contributed by atoms with van der Waals surface area (Å²) in [5, 5.41) is 39.3. The predicted octanol–water partition coefficient (Wildman–Crippen LogP) is 0.129. The van der Waals surface area contributed by atoms with Crippen molar-refractivity contribution in [3.05, 3.63) is 35.5 Å². The standard InChI is InChI=1S/C29H38O13/c1-15(23(35)40-25-22(34)21(33)20(32)18(14-30)39-25)6-5-10-27(3)19-9-12-28(26(37)42-27)11-7-17(24(36)38-4)8-13-29(19,28)41-16(2)31/h5-7,10,18-22,25,30,32-34H,8-9,11-14H2,1-4H3/b10-5+,15-6+/t18-,19-,20+,21-,22-,25-,27+,28+,29-/m0/s1. The van der Waals surface area contributed by atoms with Gasteiger partial charge in [0.1, 0.15) is 41.0 Å². The Morgan fingerprint density at radius 2 is 1.83 bits per heavy atom. The minimum Gasteiger partial charge on any atom is -0.466 e. The Kier molecular flexibility index (Phi) is 9.00. The van der Waals surface area contributed by atoms with Crippen LogP contribution in [0.15, 0.2) is 35.5 Å². The summed E-state index contributed by atoms with van der Waals surface area (Å²) in [5.74, 6) is -2.97. The molecule has 2 aliphatic heterocycles. The van der Waals surface area contributed by atoms with E-state index in [0.29, 0.717) is 18.4 Å². The lowest BCUT2D eigenvalue weighted by Gasteiger charge is -2.54. The molecular formula is C29H38O13. The summed E-state index contributed by atoms with van der Waals surface area (Å²) >= 11 is 0. The van der Waals surface area contributed by atoms with E-state index in [-0.39, 0.29) is 24.8 Å². The summed E-state index contributed by atoms with van der Waals surface area (Å²) in [5.41, 5.74) is -3.17. The summed E-state index contributed by atoms with van der Waals surface area (Å²) in [4.78, 5) is 51.1. The first-order valence-electron chi connectivity index (χ1n) is 13.8. The van der Waals surface area contributed by atoms with Gasteiger partial charge in [0.2, 0.25) is 6.29 Å². The molecule has 0 aromatic carbocycles. The fraction of sp³-hybridized carbons (Fsp3) is 0.655. The van der Waals surface area contributed by atoms with Gasteiger partial charge in [-0.15, -0.1) is 0 Å². The van der Waals surface area contributed by atoms with Gasteiger partial charge in [0.25, 0.3) is 0 Å². The summed E-state index contributed by atoms with van der Waals surface area (Å²) in [6, 6.07) is 0. The minimum absolute atomic E-state index is 0.0609. The van der Waals surface area contributed by atoms with Gasteiger partial charge in [-0.25, -0.2) is 9.59 Å². The van der Waals surface area contributed by atoms with Gasteiger partial charge in [-0.05, 0) is 52.0 Å². The van der Waals surface area contributed by atoms with E-state index in [1.807, 2.05) is 0 Å². The van der Waals surface area contributed by atoms with E-state index in [2.05, 4.69) is 0 Å². The molecule has 2 heterocycles. The summed E-state index contributed by atoms with van der Waals surface area (Å²) in [7, 11) is 1.28. The second kappa shape index (κ2) is 11.9. The normalized spacial score (nSPS) is 40.0. The second-order valence-corrected chi connectivity index (χ2v) is 11.5. The third-order valence-electron chi connectivity index (χ3n) is 9.03. The van der Waals surface area contributed by atoms with Crippen molar-refractivity contribution in [3.63, 3.8) is 0 Å². The van der Waals surface area contributed by atoms with Crippen LogP contribution in [0.5, 0.6) is 0 Å². The van der Waals surface area contributed by atoms with Crippen LogP contribution in [-0.4, -0.2) is 99.9 Å². The number of aliphatic hydroxyl groups excluding tert-OH is 4. The fourth-order valence-corrected chi connectivity index (χ4v) is 6.81. The van der Waals surface area contributed by atoms with Crippen LogP contribution in [-0.2, 0) is 42.9 Å². The first-order valence-corrected chi connectivity index (χ1v) is 13.8. The molecule has 4 rings (SSSR count). The Morgan fingerprint density at radius 1 is 1.12 bits per heavy atom. The number of esters is 4. The Morgan fingerprint density at radius 3 is 2.48 bits per heavy atom. The molecule has 0 aromatic heterocycles. The fourth-order valence-electron chi connectivity index (χ4n) is 6.81. The van der Waals surface area contributed by atoms with Crippen molar-refractivity contribution in [3.8, 4) is 0 Å². The molecule has 4 N–H and O–H groups in total. The number of allylic oxidation sites excluding steroid dienone is 3. The van der Waals surface area contributed by atoms with Gasteiger partial charge in [-0.3, -0.25) is 9.59 Å². The molecule has 4 aliphatic rings. The molecule has 0 aromatic rings. The second-order valence-electron chi connectivity index (χ2n) is 11.5. The molecule has 0 radical (unpaired) electrons. The number of rotatable bonds is 7. The largest absolute Gasteiger partial charge is 0.466 e. The number of ether oxygens (including phenoxy) is 5. The molecule has 3 fully saturated rings. The lowest BCUT2D eigenvalue weighted by molar-refractivity contribution is -0.291. The highest BCUT2D eigenvalue weighted by Gasteiger charge is 2.74. The van der Waals surface area contributed by atoms with E-state index in [4.69, 9.17) is 23.7 Å². The van der Waals surface area contributed by atoms with E-state index in [0.717, 1.165) is 0 Å². The van der Waals surface area contributed by atoms with Gasteiger partial charge >= 0.3 is 23.9 Å². The molecule has 2 bridgehead atoms. The van der Waals surface area contributed by atoms with Gasteiger partial charge in [0.15, 0.2) is 0 Å². The number of hydrogen-bond donors (Lipinski definition) is 4. The first kappa shape index (κ1) is 31.8. The molecule has 0 unspecified atom stereocenters. The maximum atomic E-state index is 13.7. The van der Waals surface area contributed by atoms with E-state index in [1.165, 1.54) is 33.1 Å². The molecule has 0 spiro atoms. The Balaban J connectivity index is 1.56. The van der Waals surface area contributed by atoms with Gasteiger partial charge in [0.05, 0.1) is 13.7 Å². The van der Waals surface area contributed by atoms with Crippen LogP contribution in [0.1, 0.15) is 52.9 Å². The van der Waals surface area contributed by atoms with Crippen molar-refractivity contribution in [1.29, 1.82) is 0 Å². The highest BCUT2D eigenvalue weighted by molar-refractivity contribution is 5.90. The molecule has 42 heavy (non-hydrogen) atoms. The molecule has 0 amide bonds. The topological polar surface area (TPSA) is 195 Å². The third kappa shape index (κ3) is 5.28. The van der Waals surface area contributed by atoms with Gasteiger partial charge in [0, 0.05) is 24.0 Å². The summed E-state index contributed by atoms with van der Waals surface area (Å²) in [6.45, 7) is 3.73. The van der Waals surface area contributed by atoms with Gasteiger partial charge in [-0.2, -0.15) is 0 Å². The zero-order chi connectivity index (χ0) is 31.0. The zero-order valence-corrected chi connectivity index (χ0v) is 24.0. The number of carbonyl (C=O) groups is 4. The smallest absolute Gasteiger partial charge is 0.336 e. The molecule has 1 saturated carbocycles. The highest BCUT2D eigenvalue weighted by Crippen LogP contribution is 2.65. The van der Waals surface area contributed by atoms with Crippen molar-refractivity contribution in [2.24, 2.45) is 11.3 Å². The lowest BCUT2D eigenvalue weighted by Crippen LogP contribution is -2.65. The van der Waals surface area contributed by atoms with Crippen LogP contribution in [0.25, 0.3) is 0 Å². The number of cyclic esters (lactones) is 1. The van der Waals surface area contributed by atoms with Crippen molar-refractivity contribution in [2.75, 3.05) is 13.7 Å². The zero-order valence-electron chi connectivity index (χ0n) is 24.0. The average Bonchev–Trinajstić information content (AvgIpc) is 3.09. The van der Waals surface area contributed by atoms with Gasteiger partial charge < -0.3 is 44.1 Å². The van der Waals surface area contributed by atoms with E-state index < -0.39 is 83.7 Å². The van der Waals surface area contributed by atoms with Crippen LogP contribution in [0.2, 0.25) is 0 Å². The van der Waals surface area contributed by atoms with E-state index >= 15 is 0 Å². The molecule has 232 valence electrons.